The maximum atomic E-state index is 3.48. The average Bonchev–Trinajstić information content (AvgIpc) is 2.38. The molecule has 0 aromatic rings. The van der Waals surface area contributed by atoms with E-state index in [1.165, 1.54) is 12.8 Å². The van der Waals surface area contributed by atoms with Gasteiger partial charge in [0.25, 0.3) is 0 Å². The first-order valence-corrected chi connectivity index (χ1v) is 6.85. The summed E-state index contributed by atoms with van der Waals surface area (Å²) in [5.41, 5.74) is 0. The smallest absolute Gasteiger partial charge is 0.0382 e. The molecule has 0 aromatic carbocycles. The van der Waals surface area contributed by atoms with Crippen LogP contribution in [0.4, 0.5) is 0 Å². The normalized spacial score (nSPS) is 4.81. The van der Waals surface area contributed by atoms with Gasteiger partial charge in [0, 0.05) is 0 Å². The van der Waals surface area contributed by atoms with E-state index >= 15 is 0 Å². The highest BCUT2D eigenvalue weighted by atomic mass is 13.5. The van der Waals surface area contributed by atoms with Gasteiger partial charge in [0.05, 0.1) is 0 Å². The Morgan fingerprint density at radius 2 is 0.750 bits per heavy atom. The standard InChI is InChI=1S/C4H8.2C3H8.2C2H6.C2H4/c1-3-4-2;2*1-3-2;3*1-2/h3H,1,4H2,2H3;2*3H2,1-2H3;2*1-2H3;1-2H2. The van der Waals surface area contributed by atoms with Crippen LogP contribution >= 0.6 is 0 Å². The van der Waals surface area contributed by atoms with Gasteiger partial charge in [0.15, 0.2) is 0 Å². The number of allylic oxidation sites excluding steroid dienone is 1. The lowest BCUT2D eigenvalue weighted by Crippen LogP contribution is -1.36. The van der Waals surface area contributed by atoms with Gasteiger partial charge in [-0.1, -0.05) is 81.2 Å². The zero-order valence-corrected chi connectivity index (χ0v) is 13.8. The predicted octanol–water partition coefficient (Wildman–Crippen LogP) is 7.27. The molecule has 0 N–H and O–H groups in total. The summed E-state index contributed by atoms with van der Waals surface area (Å²) in [6.07, 6.45) is 5.46. The molecule has 0 spiro atoms. The molecule has 0 heteroatoms. The summed E-state index contributed by atoms with van der Waals surface area (Å²) in [5, 5.41) is 0. The van der Waals surface area contributed by atoms with Crippen molar-refractivity contribution in [3.05, 3.63) is 25.8 Å². The summed E-state index contributed by atoms with van der Waals surface area (Å²) >= 11 is 0. The number of hydrogen-bond acceptors (Lipinski definition) is 0. The van der Waals surface area contributed by atoms with Gasteiger partial charge >= 0.3 is 0 Å². The van der Waals surface area contributed by atoms with Crippen molar-refractivity contribution < 1.29 is 0 Å². The lowest BCUT2D eigenvalue weighted by molar-refractivity contribution is 1.09. The van der Waals surface area contributed by atoms with Crippen LogP contribution in [0.25, 0.3) is 0 Å². The second kappa shape index (κ2) is 217. The molecule has 0 fully saturated rings. The third kappa shape index (κ3) is 9110. The van der Waals surface area contributed by atoms with Crippen LogP contribution in [0, 0.1) is 0 Å². The second-order valence-corrected chi connectivity index (χ2v) is 2.11. The molecule has 0 aliphatic carbocycles. The summed E-state index contributed by atoms with van der Waals surface area (Å²) in [7, 11) is 0. The average molecular weight is 232 g/mol. The summed E-state index contributed by atoms with van der Waals surface area (Å²) in [6, 6.07) is 0. The van der Waals surface area contributed by atoms with Crippen LogP contribution in [0.3, 0.4) is 0 Å². The molecular formula is C16H40. The first-order valence-electron chi connectivity index (χ1n) is 6.85. The first-order chi connectivity index (χ1) is 7.74. The SMILES string of the molecule is C=C.C=CCC.CC.CC.CCC.CCC. The van der Waals surface area contributed by atoms with E-state index in [9.17, 15) is 0 Å². The molecule has 0 rings (SSSR count). The molecule has 0 amide bonds. The van der Waals surface area contributed by atoms with Crippen LogP contribution in [-0.4, -0.2) is 0 Å². The molecule has 104 valence electrons. The van der Waals surface area contributed by atoms with Crippen molar-refractivity contribution in [1.82, 2.24) is 0 Å². The van der Waals surface area contributed by atoms with Crippen molar-refractivity contribution in [2.75, 3.05) is 0 Å². The largest absolute Gasteiger partial charge is 0.106 e. The van der Waals surface area contributed by atoms with Crippen LogP contribution in [-0.2, 0) is 0 Å². The number of rotatable bonds is 1. The molecule has 16 heavy (non-hydrogen) atoms. The Kier molecular flexibility index (Phi) is 490. The van der Waals surface area contributed by atoms with Crippen molar-refractivity contribution in [3.63, 3.8) is 0 Å². The topological polar surface area (TPSA) is 0 Å². The molecule has 0 aliphatic rings. The van der Waals surface area contributed by atoms with Gasteiger partial charge in [-0.3, -0.25) is 0 Å². The van der Waals surface area contributed by atoms with E-state index in [4.69, 9.17) is 0 Å². The van der Waals surface area contributed by atoms with E-state index < -0.39 is 0 Å². The summed E-state index contributed by atoms with van der Waals surface area (Å²) in [6.45, 7) is 28.0. The summed E-state index contributed by atoms with van der Waals surface area (Å²) < 4.78 is 0. The fraction of sp³-hybridized carbons (Fsp3) is 0.750. The van der Waals surface area contributed by atoms with E-state index in [0.29, 0.717) is 0 Å². The van der Waals surface area contributed by atoms with Crippen molar-refractivity contribution in [2.24, 2.45) is 0 Å². The molecule has 0 unspecified atom stereocenters. The first kappa shape index (κ1) is 36.1. The van der Waals surface area contributed by atoms with E-state index in [2.05, 4.69) is 54.4 Å². The Morgan fingerprint density at radius 1 is 0.688 bits per heavy atom. The van der Waals surface area contributed by atoms with E-state index in [0.717, 1.165) is 6.42 Å². The molecule has 0 saturated heterocycles. The summed E-state index contributed by atoms with van der Waals surface area (Å²) in [4.78, 5) is 0. The minimum atomic E-state index is 1.08. The Labute approximate surface area is 108 Å². The molecule has 0 aliphatic heterocycles. The maximum Gasteiger partial charge on any atom is -0.0382 e. The molecule has 0 aromatic heterocycles. The summed E-state index contributed by atoms with van der Waals surface area (Å²) in [5.74, 6) is 0. The molecule has 0 bridgehead atoms. The molecule has 0 nitrogen and oxygen atoms in total. The Balaban J connectivity index is -0.0000000193. The van der Waals surface area contributed by atoms with Crippen molar-refractivity contribution >= 4 is 0 Å². The van der Waals surface area contributed by atoms with Gasteiger partial charge in [0.2, 0.25) is 0 Å². The predicted molar refractivity (Wildman–Crippen MR) is 86.4 cm³/mol. The van der Waals surface area contributed by atoms with Gasteiger partial charge in [-0.25, -0.2) is 0 Å². The lowest BCUT2D eigenvalue weighted by atomic mass is 10.5. The van der Waals surface area contributed by atoms with Crippen molar-refractivity contribution in [3.8, 4) is 0 Å². The molecule has 0 atom stereocenters. The fourth-order valence-corrected chi connectivity index (χ4v) is 0. The highest BCUT2D eigenvalue weighted by molar-refractivity contribution is 4.60. The maximum absolute atomic E-state index is 3.48. The zero-order valence-electron chi connectivity index (χ0n) is 13.8. The van der Waals surface area contributed by atoms with E-state index in [1.54, 1.807) is 0 Å². The second-order valence-electron chi connectivity index (χ2n) is 2.11. The molecule has 0 radical (unpaired) electrons. The molecule has 0 heterocycles. The van der Waals surface area contributed by atoms with Crippen molar-refractivity contribution in [1.29, 1.82) is 0 Å². The minimum absolute atomic E-state index is 1.08. The van der Waals surface area contributed by atoms with E-state index in [-0.39, 0.29) is 0 Å². The quantitative estimate of drug-likeness (QED) is 0.417. The van der Waals surface area contributed by atoms with Gasteiger partial charge < -0.3 is 0 Å². The third-order valence-corrected chi connectivity index (χ3v) is 0.289. The van der Waals surface area contributed by atoms with Crippen LogP contribution in [0.5, 0.6) is 0 Å². The van der Waals surface area contributed by atoms with Gasteiger partial charge in [-0.15, -0.1) is 19.7 Å². The van der Waals surface area contributed by atoms with E-state index in [1.807, 2.05) is 33.8 Å². The lowest BCUT2D eigenvalue weighted by Gasteiger charge is -1.57. The van der Waals surface area contributed by atoms with Gasteiger partial charge in [0.1, 0.15) is 0 Å². The van der Waals surface area contributed by atoms with Crippen LogP contribution in [0.2, 0.25) is 0 Å². The molecular weight excluding hydrogens is 192 g/mol. The Bertz CT molecular complexity index is 35.3. The zero-order chi connectivity index (χ0) is 14.8. The highest BCUT2D eigenvalue weighted by Crippen LogP contribution is 1.66. The van der Waals surface area contributed by atoms with Crippen LogP contribution in [0.15, 0.2) is 25.8 Å². The monoisotopic (exact) mass is 232 g/mol. The van der Waals surface area contributed by atoms with Crippen LogP contribution < -0.4 is 0 Å². The van der Waals surface area contributed by atoms with Gasteiger partial charge in [-0.2, -0.15) is 0 Å². The Morgan fingerprint density at radius 3 is 0.750 bits per heavy atom. The van der Waals surface area contributed by atoms with Crippen molar-refractivity contribution in [2.45, 2.75) is 81.6 Å². The van der Waals surface area contributed by atoms with Crippen LogP contribution in [0.1, 0.15) is 81.6 Å². The molecule has 0 saturated carbocycles. The number of hydrogen-bond donors (Lipinski definition) is 0. The highest BCUT2D eigenvalue weighted by Gasteiger charge is 1.45. The fourth-order valence-electron chi connectivity index (χ4n) is 0. The minimum Gasteiger partial charge on any atom is -0.106 e. The third-order valence-electron chi connectivity index (χ3n) is 0.289. The van der Waals surface area contributed by atoms with Gasteiger partial charge in [-0.05, 0) is 6.42 Å². The Hall–Kier alpha value is -0.520.